The second-order valence-corrected chi connectivity index (χ2v) is 5.99. The molecule has 0 aromatic heterocycles. The van der Waals surface area contributed by atoms with Crippen molar-refractivity contribution in [3.8, 4) is 0 Å². The van der Waals surface area contributed by atoms with Gasteiger partial charge in [0.25, 0.3) is 0 Å². The molecule has 1 atom stereocenters. The molecule has 0 heteroatoms. The first kappa shape index (κ1) is 9.00. The maximum Gasteiger partial charge on any atom is -0.00464 e. The van der Waals surface area contributed by atoms with Crippen molar-refractivity contribution in [1.82, 2.24) is 0 Å². The Morgan fingerprint density at radius 3 is 2.50 bits per heavy atom. The zero-order chi connectivity index (χ0) is 9.81. The fourth-order valence-corrected chi connectivity index (χ4v) is 4.57. The third kappa shape index (κ3) is 0.857. The molecule has 0 aromatic carbocycles. The van der Waals surface area contributed by atoms with Gasteiger partial charge in [-0.1, -0.05) is 31.4 Å². The molecule has 3 aliphatic rings. The van der Waals surface area contributed by atoms with Crippen LogP contribution in [0.4, 0.5) is 0 Å². The molecule has 78 valence electrons. The fraction of sp³-hybridized carbons (Fsp3) is 0.857. The Morgan fingerprint density at radius 1 is 1.36 bits per heavy atom. The maximum atomic E-state index is 2.41. The molecule has 3 saturated carbocycles. The van der Waals surface area contributed by atoms with Crippen LogP contribution < -0.4 is 0 Å². The van der Waals surface area contributed by atoms with Crippen molar-refractivity contribution in [3.63, 3.8) is 0 Å². The van der Waals surface area contributed by atoms with Crippen molar-refractivity contribution >= 4 is 0 Å². The van der Waals surface area contributed by atoms with Crippen molar-refractivity contribution in [2.24, 2.45) is 16.7 Å². The molecule has 3 fully saturated rings. The molecule has 2 spiro atoms. The third-order valence-electron chi connectivity index (χ3n) is 5.52. The van der Waals surface area contributed by atoms with Gasteiger partial charge in [-0.2, -0.15) is 0 Å². The van der Waals surface area contributed by atoms with Crippen LogP contribution in [0.1, 0.15) is 58.8 Å². The molecule has 0 amide bonds. The lowest BCUT2D eigenvalue weighted by molar-refractivity contribution is -0.138. The predicted molar refractivity (Wildman–Crippen MR) is 60.1 cm³/mol. The van der Waals surface area contributed by atoms with Crippen molar-refractivity contribution in [1.29, 1.82) is 0 Å². The van der Waals surface area contributed by atoms with E-state index >= 15 is 0 Å². The molecule has 0 aliphatic heterocycles. The van der Waals surface area contributed by atoms with Gasteiger partial charge in [0.15, 0.2) is 0 Å². The highest BCUT2D eigenvalue weighted by Crippen LogP contribution is 2.75. The zero-order valence-corrected chi connectivity index (χ0v) is 9.60. The Hall–Kier alpha value is -0.260. The molecular weight excluding hydrogens is 168 g/mol. The summed E-state index contributed by atoms with van der Waals surface area (Å²) in [5.41, 5.74) is 3.38. The molecule has 1 unspecified atom stereocenters. The zero-order valence-electron chi connectivity index (χ0n) is 9.60. The Labute approximate surface area is 87.8 Å². The minimum Gasteiger partial charge on any atom is -0.0879 e. The van der Waals surface area contributed by atoms with Gasteiger partial charge in [0, 0.05) is 0 Å². The van der Waals surface area contributed by atoms with Gasteiger partial charge in [-0.05, 0) is 55.8 Å². The van der Waals surface area contributed by atoms with Crippen LogP contribution in [0.25, 0.3) is 0 Å². The van der Waals surface area contributed by atoms with Gasteiger partial charge in [0.05, 0.1) is 0 Å². The van der Waals surface area contributed by atoms with E-state index in [4.69, 9.17) is 0 Å². The van der Waals surface area contributed by atoms with Gasteiger partial charge >= 0.3 is 0 Å². The van der Waals surface area contributed by atoms with E-state index in [1.165, 1.54) is 19.3 Å². The maximum absolute atomic E-state index is 2.41. The second-order valence-electron chi connectivity index (χ2n) is 5.99. The average molecular weight is 190 g/mol. The van der Waals surface area contributed by atoms with E-state index in [2.05, 4.69) is 19.9 Å². The van der Waals surface area contributed by atoms with Gasteiger partial charge in [-0.15, -0.1) is 0 Å². The monoisotopic (exact) mass is 190 g/mol. The van der Waals surface area contributed by atoms with E-state index in [1.54, 1.807) is 25.7 Å². The van der Waals surface area contributed by atoms with Crippen LogP contribution in [0.5, 0.6) is 0 Å². The summed E-state index contributed by atoms with van der Waals surface area (Å²) in [4.78, 5) is 0. The lowest BCUT2D eigenvalue weighted by Gasteiger charge is -2.69. The first-order valence-corrected chi connectivity index (χ1v) is 6.40. The number of hydrogen-bond acceptors (Lipinski definition) is 0. The fourth-order valence-electron chi connectivity index (χ4n) is 4.57. The number of hydrogen-bond donors (Lipinski definition) is 0. The van der Waals surface area contributed by atoms with Crippen molar-refractivity contribution < 1.29 is 0 Å². The smallest absolute Gasteiger partial charge is 0.00464 e. The van der Waals surface area contributed by atoms with Gasteiger partial charge in [0.1, 0.15) is 0 Å². The summed E-state index contributed by atoms with van der Waals surface area (Å²) in [6.45, 7) is 4.62. The average Bonchev–Trinajstić information content (AvgIpc) is 1.99. The van der Waals surface area contributed by atoms with Crippen LogP contribution >= 0.6 is 0 Å². The molecule has 0 bridgehead atoms. The topological polar surface area (TPSA) is 0 Å². The molecule has 0 N–H and O–H groups in total. The van der Waals surface area contributed by atoms with E-state index in [0.29, 0.717) is 0 Å². The van der Waals surface area contributed by atoms with E-state index in [9.17, 15) is 0 Å². The Bertz CT molecular complexity index is 272. The van der Waals surface area contributed by atoms with Crippen LogP contribution in [-0.2, 0) is 0 Å². The first-order valence-electron chi connectivity index (χ1n) is 6.40. The molecule has 0 heterocycles. The molecule has 14 heavy (non-hydrogen) atoms. The van der Waals surface area contributed by atoms with Crippen molar-refractivity contribution in [2.45, 2.75) is 58.8 Å². The van der Waals surface area contributed by atoms with Crippen LogP contribution in [0, 0.1) is 16.7 Å². The minimum absolute atomic E-state index is 0.726. The normalized spacial score (nSPS) is 39.3. The predicted octanol–water partition coefficient (Wildman–Crippen LogP) is 4.31. The number of allylic oxidation sites excluding steroid dienone is 2. The highest BCUT2D eigenvalue weighted by atomic mass is 14.7. The Balaban J connectivity index is 1.77. The quantitative estimate of drug-likeness (QED) is 0.540. The van der Waals surface area contributed by atoms with Crippen molar-refractivity contribution in [2.75, 3.05) is 0 Å². The Morgan fingerprint density at radius 2 is 2.07 bits per heavy atom. The standard InChI is InChI=1S/C14H22/c1-3-11-8-12(4-2)14(11)9-13(10-14)6-5-7-13/h3,12H,4-10H2,1-2H3/b11-3-. The van der Waals surface area contributed by atoms with E-state index in [0.717, 1.165) is 16.7 Å². The molecule has 0 radical (unpaired) electrons. The first-order chi connectivity index (χ1) is 6.75. The lowest BCUT2D eigenvalue weighted by atomic mass is 9.35. The summed E-state index contributed by atoms with van der Waals surface area (Å²) in [6.07, 6.45) is 13.0. The molecule has 0 saturated heterocycles. The van der Waals surface area contributed by atoms with Gasteiger partial charge in [0.2, 0.25) is 0 Å². The minimum atomic E-state index is 0.726. The van der Waals surface area contributed by atoms with Gasteiger partial charge < -0.3 is 0 Å². The Kier molecular flexibility index (Phi) is 1.70. The lowest BCUT2D eigenvalue weighted by Crippen LogP contribution is -2.59. The highest BCUT2D eigenvalue weighted by molar-refractivity contribution is 5.33. The summed E-state index contributed by atoms with van der Waals surface area (Å²) in [5.74, 6) is 1.04. The molecule has 3 rings (SSSR count). The summed E-state index contributed by atoms with van der Waals surface area (Å²) in [6, 6.07) is 0. The van der Waals surface area contributed by atoms with Crippen molar-refractivity contribution in [3.05, 3.63) is 11.6 Å². The van der Waals surface area contributed by atoms with Crippen LogP contribution in [0.15, 0.2) is 11.6 Å². The van der Waals surface area contributed by atoms with Gasteiger partial charge in [-0.3, -0.25) is 0 Å². The van der Waals surface area contributed by atoms with E-state index in [-0.39, 0.29) is 0 Å². The molecule has 0 aromatic rings. The summed E-state index contributed by atoms with van der Waals surface area (Å²) < 4.78 is 0. The van der Waals surface area contributed by atoms with Crippen LogP contribution in [0.3, 0.4) is 0 Å². The number of rotatable bonds is 1. The third-order valence-corrected chi connectivity index (χ3v) is 5.52. The summed E-state index contributed by atoms with van der Waals surface area (Å²) in [7, 11) is 0. The molecule has 0 nitrogen and oxygen atoms in total. The summed E-state index contributed by atoms with van der Waals surface area (Å²) in [5, 5.41) is 0. The van der Waals surface area contributed by atoms with Gasteiger partial charge in [-0.25, -0.2) is 0 Å². The summed E-state index contributed by atoms with van der Waals surface area (Å²) >= 11 is 0. The van der Waals surface area contributed by atoms with Crippen LogP contribution in [0.2, 0.25) is 0 Å². The molecule has 3 aliphatic carbocycles. The highest BCUT2D eigenvalue weighted by Gasteiger charge is 2.64. The molecular formula is C14H22. The second kappa shape index (κ2) is 2.65. The van der Waals surface area contributed by atoms with E-state index in [1.807, 2.05) is 5.57 Å². The van der Waals surface area contributed by atoms with Crippen LogP contribution in [-0.4, -0.2) is 0 Å². The SMILES string of the molecule is C/C=C1/CC(CC)C12CC1(CCC1)C2. The largest absolute Gasteiger partial charge is 0.0879 e. The van der Waals surface area contributed by atoms with E-state index < -0.39 is 0 Å².